The maximum absolute atomic E-state index is 10.7. The Balaban J connectivity index is 2.12. The minimum atomic E-state index is -0.942. The van der Waals surface area contributed by atoms with E-state index in [1.54, 1.807) is 12.5 Å². The summed E-state index contributed by atoms with van der Waals surface area (Å²) in [6, 6.07) is 9.00. The number of hydrogen-bond donors (Lipinski definition) is 1. The fraction of sp³-hybridized carbons (Fsp3) is 0.154. The van der Waals surface area contributed by atoms with E-state index in [-0.39, 0.29) is 4.88 Å². The van der Waals surface area contributed by atoms with Gasteiger partial charge in [0.1, 0.15) is 16.4 Å². The van der Waals surface area contributed by atoms with Gasteiger partial charge in [0.2, 0.25) is 0 Å². The molecule has 0 saturated carbocycles. The molecular weight excluding hydrogens is 252 g/mol. The van der Waals surface area contributed by atoms with E-state index < -0.39 is 5.97 Å². The van der Waals surface area contributed by atoms with Crippen LogP contribution in [0.1, 0.15) is 15.2 Å². The molecule has 5 heteroatoms. The molecule has 1 heterocycles. The quantitative estimate of drug-likeness (QED) is 0.899. The summed E-state index contributed by atoms with van der Waals surface area (Å²) < 4.78 is 10.6. The third-order valence-electron chi connectivity index (χ3n) is 2.23. The molecule has 0 aliphatic carbocycles. The van der Waals surface area contributed by atoms with Gasteiger partial charge in [-0.15, -0.1) is 11.3 Å². The first-order valence-electron chi connectivity index (χ1n) is 5.26. The number of carboxylic acid groups (broad SMARTS) is 1. The molecule has 0 amide bonds. The third kappa shape index (κ3) is 3.09. The van der Waals surface area contributed by atoms with Crippen molar-refractivity contribution in [3.05, 3.63) is 46.2 Å². The smallest absolute Gasteiger partial charge is 0.346 e. The van der Waals surface area contributed by atoms with Crippen LogP contribution >= 0.6 is 11.3 Å². The summed E-state index contributed by atoms with van der Waals surface area (Å²) in [5.74, 6) is 0.259. The van der Waals surface area contributed by atoms with Gasteiger partial charge >= 0.3 is 5.97 Å². The number of hydrogen-bond acceptors (Lipinski definition) is 4. The lowest BCUT2D eigenvalue weighted by Gasteiger charge is -2.05. The van der Waals surface area contributed by atoms with Crippen molar-refractivity contribution in [2.45, 2.75) is 6.61 Å². The van der Waals surface area contributed by atoms with Crippen molar-refractivity contribution in [3.8, 4) is 11.5 Å². The Hall–Kier alpha value is -1.85. The molecule has 0 atom stereocenters. The molecule has 0 unspecified atom stereocenters. The van der Waals surface area contributed by atoms with Crippen molar-refractivity contribution in [1.29, 1.82) is 0 Å². The average molecular weight is 264 g/mol. The Bertz CT molecular complexity index is 547. The van der Waals surface area contributed by atoms with Gasteiger partial charge in [-0.2, -0.15) is 0 Å². The summed E-state index contributed by atoms with van der Waals surface area (Å²) >= 11 is 1.14. The molecule has 2 aromatic rings. The monoisotopic (exact) mass is 264 g/mol. The Labute approximate surface area is 108 Å². The SMILES string of the molecule is COCc1cccc(Oc2csc(C(=O)O)c2)c1. The normalized spacial score (nSPS) is 10.3. The van der Waals surface area contributed by atoms with Gasteiger partial charge in [-0.1, -0.05) is 12.1 Å². The number of carboxylic acids is 1. The van der Waals surface area contributed by atoms with Crippen molar-refractivity contribution in [2.24, 2.45) is 0 Å². The van der Waals surface area contributed by atoms with Crippen LogP contribution in [0, 0.1) is 0 Å². The first kappa shape index (κ1) is 12.6. The number of carbonyl (C=O) groups is 1. The molecule has 0 aliphatic rings. The van der Waals surface area contributed by atoms with Gasteiger partial charge in [0.25, 0.3) is 0 Å². The van der Waals surface area contributed by atoms with Crippen molar-refractivity contribution >= 4 is 17.3 Å². The van der Waals surface area contributed by atoms with Gasteiger partial charge in [-0.25, -0.2) is 4.79 Å². The van der Waals surface area contributed by atoms with Gasteiger partial charge in [-0.3, -0.25) is 0 Å². The molecule has 1 aromatic heterocycles. The van der Waals surface area contributed by atoms with Crippen LogP contribution in [0.4, 0.5) is 0 Å². The van der Waals surface area contributed by atoms with Crippen LogP contribution in [-0.4, -0.2) is 18.2 Å². The van der Waals surface area contributed by atoms with E-state index in [4.69, 9.17) is 14.6 Å². The highest BCUT2D eigenvalue weighted by atomic mass is 32.1. The van der Waals surface area contributed by atoms with Gasteiger partial charge in [0.15, 0.2) is 0 Å². The van der Waals surface area contributed by atoms with Crippen molar-refractivity contribution in [2.75, 3.05) is 7.11 Å². The predicted octanol–water partition coefficient (Wildman–Crippen LogP) is 3.39. The third-order valence-corrected chi connectivity index (χ3v) is 3.13. The minimum absolute atomic E-state index is 0.262. The fourth-order valence-corrected chi connectivity index (χ4v) is 2.13. The molecule has 1 N–H and O–H groups in total. The minimum Gasteiger partial charge on any atom is -0.477 e. The molecule has 4 nitrogen and oxygen atoms in total. The molecule has 94 valence electrons. The van der Waals surface area contributed by atoms with E-state index in [1.807, 2.05) is 24.3 Å². The highest BCUT2D eigenvalue weighted by molar-refractivity contribution is 7.12. The molecule has 1 aromatic carbocycles. The average Bonchev–Trinajstić information content (AvgIpc) is 2.78. The summed E-state index contributed by atoms with van der Waals surface area (Å²) in [6.45, 7) is 0.515. The second-order valence-corrected chi connectivity index (χ2v) is 4.55. The number of aromatic carboxylic acids is 1. The lowest BCUT2D eigenvalue weighted by molar-refractivity contribution is 0.0702. The lowest BCUT2D eigenvalue weighted by atomic mass is 10.2. The van der Waals surface area contributed by atoms with Crippen LogP contribution in [0.25, 0.3) is 0 Å². The van der Waals surface area contributed by atoms with Crippen LogP contribution in [-0.2, 0) is 11.3 Å². The molecular formula is C13H12O4S. The fourth-order valence-electron chi connectivity index (χ4n) is 1.49. The Morgan fingerprint density at radius 3 is 2.83 bits per heavy atom. The molecule has 0 aliphatic heterocycles. The van der Waals surface area contributed by atoms with Gasteiger partial charge < -0.3 is 14.6 Å². The summed E-state index contributed by atoms with van der Waals surface area (Å²) in [5.41, 5.74) is 1.00. The number of benzene rings is 1. The highest BCUT2D eigenvalue weighted by Gasteiger charge is 2.08. The second-order valence-electron chi connectivity index (χ2n) is 3.63. The first-order valence-corrected chi connectivity index (χ1v) is 6.14. The van der Waals surface area contributed by atoms with Crippen LogP contribution in [0.2, 0.25) is 0 Å². The second kappa shape index (κ2) is 5.66. The molecule has 0 spiro atoms. The van der Waals surface area contributed by atoms with Gasteiger partial charge in [0.05, 0.1) is 6.61 Å². The molecule has 18 heavy (non-hydrogen) atoms. The molecule has 0 radical (unpaired) electrons. The van der Waals surface area contributed by atoms with E-state index >= 15 is 0 Å². The van der Waals surface area contributed by atoms with E-state index in [0.717, 1.165) is 16.9 Å². The van der Waals surface area contributed by atoms with Crippen LogP contribution in [0.5, 0.6) is 11.5 Å². The standard InChI is InChI=1S/C13H12O4S/c1-16-7-9-3-2-4-10(5-9)17-11-6-12(13(14)15)18-8-11/h2-6,8H,7H2,1H3,(H,14,15). The van der Waals surface area contributed by atoms with Gasteiger partial charge in [-0.05, 0) is 17.7 Å². The Morgan fingerprint density at radius 2 is 2.17 bits per heavy atom. The molecule has 2 rings (SSSR count). The molecule has 0 saturated heterocycles. The van der Waals surface area contributed by atoms with Crippen molar-refractivity contribution < 1.29 is 19.4 Å². The van der Waals surface area contributed by atoms with E-state index in [0.29, 0.717) is 18.1 Å². The van der Waals surface area contributed by atoms with Crippen LogP contribution < -0.4 is 4.74 Å². The van der Waals surface area contributed by atoms with Crippen molar-refractivity contribution in [3.63, 3.8) is 0 Å². The maximum atomic E-state index is 10.7. The maximum Gasteiger partial charge on any atom is 0.346 e. The van der Waals surface area contributed by atoms with Gasteiger partial charge in [0, 0.05) is 18.6 Å². The first-order chi connectivity index (χ1) is 8.69. The van der Waals surface area contributed by atoms with Crippen LogP contribution in [0.3, 0.4) is 0 Å². The molecule has 0 bridgehead atoms. The summed E-state index contributed by atoms with van der Waals surface area (Å²) in [4.78, 5) is 11.0. The zero-order valence-electron chi connectivity index (χ0n) is 9.75. The Morgan fingerprint density at radius 1 is 1.33 bits per heavy atom. The van der Waals surface area contributed by atoms with E-state index in [9.17, 15) is 4.79 Å². The van der Waals surface area contributed by atoms with E-state index in [2.05, 4.69) is 0 Å². The zero-order chi connectivity index (χ0) is 13.0. The zero-order valence-corrected chi connectivity index (χ0v) is 10.6. The number of ether oxygens (including phenoxy) is 2. The van der Waals surface area contributed by atoms with E-state index in [1.165, 1.54) is 6.07 Å². The summed E-state index contributed by atoms with van der Waals surface area (Å²) in [5, 5.41) is 10.5. The van der Waals surface area contributed by atoms with Crippen LogP contribution in [0.15, 0.2) is 35.7 Å². The van der Waals surface area contributed by atoms with Crippen molar-refractivity contribution in [1.82, 2.24) is 0 Å². The number of thiophene rings is 1. The summed E-state index contributed by atoms with van der Waals surface area (Å²) in [6.07, 6.45) is 0. The summed E-state index contributed by atoms with van der Waals surface area (Å²) in [7, 11) is 1.63. The predicted molar refractivity (Wildman–Crippen MR) is 68.5 cm³/mol. The largest absolute Gasteiger partial charge is 0.477 e. The topological polar surface area (TPSA) is 55.8 Å². The number of rotatable bonds is 5. The lowest BCUT2D eigenvalue weighted by Crippen LogP contribution is -1.91. The molecule has 0 fully saturated rings. The highest BCUT2D eigenvalue weighted by Crippen LogP contribution is 2.27. The Kier molecular flexibility index (Phi) is 3.96. The number of methoxy groups -OCH3 is 1.